The van der Waals surface area contributed by atoms with Gasteiger partial charge in [-0.3, -0.25) is 0 Å². The SMILES string of the molecule is C.CCCCCCCCCCCCCCC(CCCCCCCCCCCCCC)OC(=O)NCCCOCCOC. The van der Waals surface area contributed by atoms with E-state index in [4.69, 9.17) is 14.2 Å². The number of unbranched alkanes of at least 4 members (excludes halogenated alkanes) is 22. The van der Waals surface area contributed by atoms with Crippen LogP contribution in [0.3, 0.4) is 0 Å². The summed E-state index contributed by atoms with van der Waals surface area (Å²) in [5.74, 6) is 0. The fraction of sp³-hybridized carbons (Fsp3) is 0.973. The molecule has 0 aromatic heterocycles. The van der Waals surface area contributed by atoms with Gasteiger partial charge in [0.05, 0.1) is 13.2 Å². The summed E-state index contributed by atoms with van der Waals surface area (Å²) in [5.41, 5.74) is 0. The first kappa shape index (κ1) is 43.3. The maximum Gasteiger partial charge on any atom is 0.407 e. The number of amides is 1. The third-order valence-corrected chi connectivity index (χ3v) is 8.20. The van der Waals surface area contributed by atoms with Crippen LogP contribution < -0.4 is 5.32 Å². The lowest BCUT2D eigenvalue weighted by Gasteiger charge is -2.18. The molecule has 1 N–H and O–H groups in total. The highest BCUT2D eigenvalue weighted by Gasteiger charge is 2.14. The van der Waals surface area contributed by atoms with Gasteiger partial charge in [0.15, 0.2) is 0 Å². The molecule has 0 aliphatic carbocycles. The first-order valence-corrected chi connectivity index (χ1v) is 18.3. The molecule has 1 amide bonds. The molecule has 42 heavy (non-hydrogen) atoms. The zero-order valence-electron chi connectivity index (χ0n) is 28.1. The molecule has 0 bridgehead atoms. The van der Waals surface area contributed by atoms with E-state index < -0.39 is 0 Å². The highest BCUT2D eigenvalue weighted by atomic mass is 16.6. The Morgan fingerprint density at radius 1 is 0.524 bits per heavy atom. The minimum absolute atomic E-state index is 0. The molecule has 5 heteroatoms. The topological polar surface area (TPSA) is 56.8 Å². The Morgan fingerprint density at radius 3 is 1.29 bits per heavy atom. The number of methoxy groups -OCH3 is 1. The van der Waals surface area contributed by atoms with Crippen LogP contribution in [0.15, 0.2) is 0 Å². The highest BCUT2D eigenvalue weighted by Crippen LogP contribution is 2.18. The smallest absolute Gasteiger partial charge is 0.407 e. The van der Waals surface area contributed by atoms with E-state index >= 15 is 0 Å². The van der Waals surface area contributed by atoms with E-state index in [9.17, 15) is 4.79 Å². The molecule has 5 nitrogen and oxygen atoms in total. The fourth-order valence-electron chi connectivity index (χ4n) is 5.49. The molecule has 0 saturated heterocycles. The van der Waals surface area contributed by atoms with Crippen LogP contribution in [0.5, 0.6) is 0 Å². The third kappa shape index (κ3) is 35.4. The van der Waals surface area contributed by atoms with Crippen LogP contribution in [0.4, 0.5) is 4.79 Å². The fourth-order valence-corrected chi connectivity index (χ4v) is 5.49. The second-order valence-electron chi connectivity index (χ2n) is 12.3. The first-order valence-electron chi connectivity index (χ1n) is 18.3. The van der Waals surface area contributed by atoms with E-state index in [0.29, 0.717) is 26.4 Å². The average molecular weight is 600 g/mol. The summed E-state index contributed by atoms with van der Waals surface area (Å²) < 4.78 is 16.3. The maximum atomic E-state index is 12.4. The molecule has 0 atom stereocenters. The Hall–Kier alpha value is -0.810. The number of nitrogens with one attached hydrogen (secondary N) is 1. The van der Waals surface area contributed by atoms with Crippen LogP contribution in [-0.4, -0.2) is 45.7 Å². The van der Waals surface area contributed by atoms with Gasteiger partial charge < -0.3 is 19.5 Å². The Morgan fingerprint density at radius 2 is 0.905 bits per heavy atom. The molecular weight excluding hydrogens is 522 g/mol. The van der Waals surface area contributed by atoms with Gasteiger partial charge in [-0.15, -0.1) is 0 Å². The zero-order chi connectivity index (χ0) is 29.9. The van der Waals surface area contributed by atoms with Gasteiger partial charge in [-0.1, -0.05) is 163 Å². The van der Waals surface area contributed by atoms with E-state index in [1.54, 1.807) is 7.11 Å². The maximum absolute atomic E-state index is 12.4. The quantitative estimate of drug-likeness (QED) is 0.0747. The van der Waals surface area contributed by atoms with Crippen LogP contribution in [0.2, 0.25) is 0 Å². The van der Waals surface area contributed by atoms with Crippen LogP contribution >= 0.6 is 0 Å². The molecule has 0 heterocycles. The van der Waals surface area contributed by atoms with Gasteiger partial charge in [-0.2, -0.15) is 0 Å². The lowest BCUT2D eigenvalue weighted by Crippen LogP contribution is -2.30. The van der Waals surface area contributed by atoms with E-state index in [2.05, 4.69) is 19.2 Å². The monoisotopic (exact) mass is 600 g/mol. The minimum atomic E-state index is -0.259. The molecule has 0 aliphatic heterocycles. The molecule has 0 aromatic carbocycles. The third-order valence-electron chi connectivity index (χ3n) is 8.20. The van der Waals surface area contributed by atoms with Crippen molar-refractivity contribution in [3.8, 4) is 0 Å². The second kappa shape index (κ2) is 38.2. The predicted molar refractivity (Wildman–Crippen MR) is 184 cm³/mol. The van der Waals surface area contributed by atoms with E-state index in [0.717, 1.165) is 19.3 Å². The summed E-state index contributed by atoms with van der Waals surface area (Å²) in [5, 5.41) is 2.92. The van der Waals surface area contributed by atoms with Crippen molar-refractivity contribution in [2.24, 2.45) is 0 Å². The van der Waals surface area contributed by atoms with Crippen molar-refractivity contribution < 1.29 is 19.0 Å². The highest BCUT2D eigenvalue weighted by molar-refractivity contribution is 5.67. The Kier molecular flexibility index (Phi) is 39.4. The number of hydrogen-bond acceptors (Lipinski definition) is 4. The van der Waals surface area contributed by atoms with E-state index in [1.165, 1.54) is 154 Å². The van der Waals surface area contributed by atoms with Crippen LogP contribution in [-0.2, 0) is 14.2 Å². The largest absolute Gasteiger partial charge is 0.446 e. The molecule has 0 spiro atoms. The van der Waals surface area contributed by atoms with Gasteiger partial charge in [0, 0.05) is 20.3 Å². The average Bonchev–Trinajstić information content (AvgIpc) is 2.97. The summed E-state index contributed by atoms with van der Waals surface area (Å²) in [6, 6.07) is 0. The normalized spacial score (nSPS) is 11.1. The number of carbonyl (C=O) groups excluding carboxylic acids is 1. The number of carbonyl (C=O) groups is 1. The van der Waals surface area contributed by atoms with Gasteiger partial charge in [-0.25, -0.2) is 4.79 Å². The molecule has 0 unspecified atom stereocenters. The van der Waals surface area contributed by atoms with Crippen molar-refractivity contribution in [1.82, 2.24) is 5.32 Å². The van der Waals surface area contributed by atoms with Crippen molar-refractivity contribution in [2.75, 3.05) is 33.5 Å². The lowest BCUT2D eigenvalue weighted by molar-refractivity contribution is 0.0670. The van der Waals surface area contributed by atoms with Gasteiger partial charge in [-0.05, 0) is 32.1 Å². The molecule has 0 saturated carbocycles. The number of rotatable bonds is 34. The molecule has 254 valence electrons. The van der Waals surface area contributed by atoms with Crippen LogP contribution in [0.1, 0.15) is 195 Å². The Balaban J connectivity index is 0. The second-order valence-corrected chi connectivity index (χ2v) is 12.3. The number of ether oxygens (including phenoxy) is 3. The van der Waals surface area contributed by atoms with Gasteiger partial charge in [0.1, 0.15) is 6.10 Å². The van der Waals surface area contributed by atoms with Gasteiger partial charge in [0.25, 0.3) is 0 Å². The Bertz CT molecular complexity index is 474. The molecule has 0 fully saturated rings. The summed E-state index contributed by atoms with van der Waals surface area (Å²) >= 11 is 0. The number of alkyl carbamates (subject to hydrolysis) is 1. The van der Waals surface area contributed by atoms with E-state index in [1.807, 2.05) is 0 Å². The van der Waals surface area contributed by atoms with Crippen LogP contribution in [0, 0.1) is 0 Å². The molecule has 0 radical (unpaired) electrons. The lowest BCUT2D eigenvalue weighted by atomic mass is 10.0. The van der Waals surface area contributed by atoms with Crippen LogP contribution in [0.25, 0.3) is 0 Å². The number of hydrogen-bond donors (Lipinski definition) is 1. The van der Waals surface area contributed by atoms with Gasteiger partial charge in [0.2, 0.25) is 0 Å². The summed E-state index contributed by atoms with van der Waals surface area (Å²) in [4.78, 5) is 12.4. The summed E-state index contributed by atoms with van der Waals surface area (Å²) in [7, 11) is 1.67. The Labute approximate surface area is 264 Å². The van der Waals surface area contributed by atoms with Crippen molar-refractivity contribution in [3.63, 3.8) is 0 Å². The van der Waals surface area contributed by atoms with Crippen molar-refractivity contribution >= 4 is 6.09 Å². The molecule has 0 aliphatic rings. The molecular formula is C37H77NO4. The molecule has 0 aromatic rings. The van der Waals surface area contributed by atoms with Crippen molar-refractivity contribution in [2.45, 2.75) is 201 Å². The van der Waals surface area contributed by atoms with Gasteiger partial charge >= 0.3 is 6.09 Å². The molecule has 0 rings (SSSR count). The minimum Gasteiger partial charge on any atom is -0.446 e. The first-order chi connectivity index (χ1) is 20.2. The van der Waals surface area contributed by atoms with Crippen molar-refractivity contribution in [1.29, 1.82) is 0 Å². The zero-order valence-corrected chi connectivity index (χ0v) is 28.1. The predicted octanol–water partition coefficient (Wildman–Crippen LogP) is 12.0. The van der Waals surface area contributed by atoms with E-state index in [-0.39, 0.29) is 19.6 Å². The standard InChI is InChI=1S/C36H73NO4.CH4/c1-4-6-8-10-12-14-16-18-20-22-24-26-29-35(41-36(38)37-31-28-32-40-34-33-39-3)30-27-25-23-21-19-17-15-13-11-9-7-5-2;/h35H,4-34H2,1-3H3,(H,37,38);1H4. The summed E-state index contributed by atoms with van der Waals surface area (Å²) in [6.07, 6.45) is 35.1. The van der Waals surface area contributed by atoms with Crippen molar-refractivity contribution in [3.05, 3.63) is 0 Å². The summed E-state index contributed by atoms with van der Waals surface area (Å²) in [6.45, 7) is 7.00.